The maximum atomic E-state index is 9.60. The van der Waals surface area contributed by atoms with E-state index in [9.17, 15) is 5.11 Å². The van der Waals surface area contributed by atoms with Crippen molar-refractivity contribution in [2.24, 2.45) is 0 Å². The van der Waals surface area contributed by atoms with Gasteiger partial charge in [-0.15, -0.1) is 0 Å². The molecule has 16 heavy (non-hydrogen) atoms. The number of benzene rings is 1. The molecule has 0 aromatic heterocycles. The highest BCUT2D eigenvalue weighted by Crippen LogP contribution is 2.26. The third kappa shape index (κ3) is 2.48. The summed E-state index contributed by atoms with van der Waals surface area (Å²) in [6, 6.07) is 5.57. The highest BCUT2D eigenvalue weighted by Gasteiger charge is 2.28. The van der Waals surface area contributed by atoms with Crippen molar-refractivity contribution in [2.45, 2.75) is 25.6 Å². The lowest BCUT2D eigenvalue weighted by molar-refractivity contribution is 0.0728. The number of rotatable bonds is 3. The summed E-state index contributed by atoms with van der Waals surface area (Å²) >= 11 is 5.92. The van der Waals surface area contributed by atoms with Crippen molar-refractivity contribution in [1.29, 1.82) is 0 Å². The van der Waals surface area contributed by atoms with E-state index in [0.717, 1.165) is 17.7 Å². The van der Waals surface area contributed by atoms with Crippen LogP contribution >= 0.6 is 11.6 Å². The molecule has 3 nitrogen and oxygen atoms in total. The molecule has 2 atom stereocenters. The summed E-state index contributed by atoms with van der Waals surface area (Å²) in [7, 11) is 0. The number of hydrogen-bond donors (Lipinski definition) is 1. The van der Waals surface area contributed by atoms with Crippen LogP contribution in [0.3, 0.4) is 0 Å². The smallest absolute Gasteiger partial charge is 0.150 e. The number of aliphatic hydroxyl groups excluding tert-OH is 1. The van der Waals surface area contributed by atoms with Crippen molar-refractivity contribution >= 4 is 11.6 Å². The Kier molecular flexibility index (Phi) is 3.69. The molecule has 0 saturated carbocycles. The normalized spacial score (nSPS) is 24.7. The average Bonchev–Trinajstić information content (AvgIpc) is 2.65. The molecule has 1 saturated heterocycles. The van der Waals surface area contributed by atoms with E-state index in [1.807, 2.05) is 12.1 Å². The van der Waals surface area contributed by atoms with Gasteiger partial charge in [-0.25, -0.2) is 0 Å². The number of aliphatic hydroxyl groups is 1. The molecule has 0 spiro atoms. The Balaban J connectivity index is 2.16. The molecule has 88 valence electrons. The van der Waals surface area contributed by atoms with Gasteiger partial charge in [0, 0.05) is 5.02 Å². The molecule has 1 aliphatic rings. The lowest BCUT2D eigenvalue weighted by atomic mass is 10.1. The lowest BCUT2D eigenvalue weighted by Gasteiger charge is -2.17. The van der Waals surface area contributed by atoms with E-state index < -0.39 is 6.10 Å². The molecular formula is C12H15ClO3. The van der Waals surface area contributed by atoms with Crippen LogP contribution in [0.1, 0.15) is 12.5 Å². The van der Waals surface area contributed by atoms with Gasteiger partial charge >= 0.3 is 0 Å². The summed E-state index contributed by atoms with van der Waals surface area (Å²) in [4.78, 5) is 0. The van der Waals surface area contributed by atoms with Gasteiger partial charge in [0.1, 0.15) is 18.0 Å². The van der Waals surface area contributed by atoms with Crippen LogP contribution in [-0.2, 0) is 11.2 Å². The van der Waals surface area contributed by atoms with E-state index in [1.165, 1.54) is 0 Å². The fourth-order valence-corrected chi connectivity index (χ4v) is 1.89. The van der Waals surface area contributed by atoms with Gasteiger partial charge in [0.25, 0.3) is 0 Å². The second kappa shape index (κ2) is 5.04. The lowest BCUT2D eigenvalue weighted by Crippen LogP contribution is -2.30. The first kappa shape index (κ1) is 11.7. The van der Waals surface area contributed by atoms with Gasteiger partial charge in [-0.05, 0) is 24.1 Å². The van der Waals surface area contributed by atoms with Crippen molar-refractivity contribution in [2.75, 3.05) is 13.2 Å². The minimum Gasteiger partial charge on any atom is -0.485 e. The van der Waals surface area contributed by atoms with Gasteiger partial charge in [-0.2, -0.15) is 0 Å². The quantitative estimate of drug-likeness (QED) is 0.882. The zero-order chi connectivity index (χ0) is 11.5. The van der Waals surface area contributed by atoms with Crippen LogP contribution in [-0.4, -0.2) is 30.5 Å². The maximum absolute atomic E-state index is 9.60. The molecule has 0 aliphatic carbocycles. The molecule has 0 radical (unpaired) electrons. The summed E-state index contributed by atoms with van der Waals surface area (Å²) in [6.07, 6.45) is 0.0309. The first-order valence-electron chi connectivity index (χ1n) is 5.41. The van der Waals surface area contributed by atoms with Crippen LogP contribution in [0.15, 0.2) is 18.2 Å². The summed E-state index contributed by atoms with van der Waals surface area (Å²) in [6.45, 7) is 2.82. The van der Waals surface area contributed by atoms with Gasteiger partial charge in [0.05, 0.1) is 13.2 Å². The summed E-state index contributed by atoms with van der Waals surface area (Å²) in [5.41, 5.74) is 1.09. The van der Waals surface area contributed by atoms with Crippen molar-refractivity contribution in [3.8, 4) is 5.75 Å². The second-order valence-electron chi connectivity index (χ2n) is 3.87. The first-order chi connectivity index (χ1) is 7.70. The molecule has 1 fully saturated rings. The van der Waals surface area contributed by atoms with Gasteiger partial charge < -0.3 is 14.6 Å². The molecule has 0 amide bonds. The second-order valence-corrected chi connectivity index (χ2v) is 4.30. The van der Waals surface area contributed by atoms with Crippen LogP contribution in [0.5, 0.6) is 5.75 Å². The molecule has 4 heteroatoms. The standard InChI is InChI=1S/C12H15ClO3/c1-2-8-3-4-9(13)5-11(8)16-12-7-15-6-10(12)14/h3-5,10,12,14H,2,6-7H2,1H3/t10-,12-/m1/s1. The summed E-state index contributed by atoms with van der Waals surface area (Å²) in [5.74, 6) is 0.740. The van der Waals surface area contributed by atoms with E-state index in [-0.39, 0.29) is 6.10 Å². The highest BCUT2D eigenvalue weighted by atomic mass is 35.5. The summed E-state index contributed by atoms with van der Waals surface area (Å²) in [5, 5.41) is 10.2. The molecule has 1 heterocycles. The number of halogens is 1. The molecule has 2 rings (SSSR count). The Morgan fingerprint density at radius 3 is 2.94 bits per heavy atom. The van der Waals surface area contributed by atoms with Crippen molar-refractivity contribution in [1.82, 2.24) is 0 Å². The Hall–Kier alpha value is -0.770. The van der Waals surface area contributed by atoms with Crippen LogP contribution in [0, 0.1) is 0 Å². The largest absolute Gasteiger partial charge is 0.485 e. The van der Waals surface area contributed by atoms with E-state index in [2.05, 4.69) is 6.92 Å². The molecule has 0 unspecified atom stereocenters. The van der Waals surface area contributed by atoms with Gasteiger partial charge in [-0.1, -0.05) is 24.6 Å². The minimum atomic E-state index is -0.552. The SMILES string of the molecule is CCc1ccc(Cl)cc1O[C@@H]1COC[C@H]1O. The number of aryl methyl sites for hydroxylation is 1. The van der Waals surface area contributed by atoms with Crippen molar-refractivity contribution < 1.29 is 14.6 Å². The van der Waals surface area contributed by atoms with E-state index in [4.69, 9.17) is 21.1 Å². The van der Waals surface area contributed by atoms with E-state index >= 15 is 0 Å². The Morgan fingerprint density at radius 2 is 2.31 bits per heavy atom. The Bertz CT molecular complexity index is 367. The predicted molar refractivity (Wildman–Crippen MR) is 62.1 cm³/mol. The molecule has 0 bridgehead atoms. The fourth-order valence-electron chi connectivity index (χ4n) is 1.73. The fraction of sp³-hybridized carbons (Fsp3) is 0.500. The first-order valence-corrected chi connectivity index (χ1v) is 5.79. The average molecular weight is 243 g/mol. The number of hydrogen-bond acceptors (Lipinski definition) is 3. The van der Waals surface area contributed by atoms with Crippen LogP contribution in [0.2, 0.25) is 5.02 Å². The molecule has 1 aliphatic heterocycles. The highest BCUT2D eigenvalue weighted by molar-refractivity contribution is 6.30. The zero-order valence-corrected chi connectivity index (χ0v) is 9.91. The van der Waals surface area contributed by atoms with Crippen molar-refractivity contribution in [3.63, 3.8) is 0 Å². The molecular weight excluding hydrogens is 228 g/mol. The van der Waals surface area contributed by atoms with E-state index in [1.54, 1.807) is 6.07 Å². The van der Waals surface area contributed by atoms with Crippen LogP contribution in [0.25, 0.3) is 0 Å². The summed E-state index contributed by atoms with van der Waals surface area (Å²) < 4.78 is 10.9. The van der Waals surface area contributed by atoms with Crippen molar-refractivity contribution in [3.05, 3.63) is 28.8 Å². The van der Waals surface area contributed by atoms with Crippen LogP contribution < -0.4 is 4.74 Å². The van der Waals surface area contributed by atoms with Gasteiger partial charge in [0.2, 0.25) is 0 Å². The molecule has 1 aromatic rings. The number of ether oxygens (including phenoxy) is 2. The third-order valence-corrected chi connectivity index (χ3v) is 2.92. The topological polar surface area (TPSA) is 38.7 Å². The Labute approximate surface area is 99.9 Å². The zero-order valence-electron chi connectivity index (χ0n) is 9.15. The Morgan fingerprint density at radius 1 is 1.50 bits per heavy atom. The van der Waals surface area contributed by atoms with Crippen LogP contribution in [0.4, 0.5) is 0 Å². The van der Waals surface area contributed by atoms with Gasteiger partial charge in [-0.3, -0.25) is 0 Å². The molecule has 1 aromatic carbocycles. The third-order valence-electron chi connectivity index (χ3n) is 2.69. The van der Waals surface area contributed by atoms with Gasteiger partial charge in [0.15, 0.2) is 0 Å². The maximum Gasteiger partial charge on any atom is 0.150 e. The monoisotopic (exact) mass is 242 g/mol. The predicted octanol–water partition coefficient (Wildman–Crippen LogP) is 2.04. The minimum absolute atomic E-state index is 0.288. The van der Waals surface area contributed by atoms with E-state index in [0.29, 0.717) is 18.2 Å². The molecule has 1 N–H and O–H groups in total.